The molecule has 120 valence electrons. The Morgan fingerprint density at radius 3 is 2.43 bits per heavy atom. The second-order valence-electron chi connectivity index (χ2n) is 5.52. The predicted octanol–water partition coefficient (Wildman–Crippen LogP) is 0.991. The Bertz CT molecular complexity index is 554. The molecule has 7 heteroatoms. The number of likely N-dealkylation sites (N-methyl/N-ethyl adjacent to an activating group) is 2. The normalized spacial score (nSPS) is 15.0. The Morgan fingerprint density at radius 1 is 1.33 bits per heavy atom. The average molecular weight is 316 g/mol. The van der Waals surface area contributed by atoms with Crippen LogP contribution in [0.15, 0.2) is 22.8 Å². The lowest BCUT2D eigenvalue weighted by atomic mass is 10.2. The van der Waals surface area contributed by atoms with Gasteiger partial charge in [-0.05, 0) is 33.0 Å². The minimum absolute atomic E-state index is 0.0820. The largest absolute Gasteiger partial charge is 0.467 e. The molecule has 0 fully saturated rings. The van der Waals surface area contributed by atoms with Crippen molar-refractivity contribution in [2.75, 3.05) is 26.9 Å². The molecule has 2 atom stereocenters. The zero-order valence-electron chi connectivity index (χ0n) is 13.2. The molecule has 2 unspecified atom stereocenters. The van der Waals surface area contributed by atoms with Crippen molar-refractivity contribution >= 4 is 15.7 Å². The first-order valence-corrected chi connectivity index (χ1v) is 8.73. The highest BCUT2D eigenvalue weighted by Gasteiger charge is 2.27. The third-order valence-corrected chi connectivity index (χ3v) is 5.58. The second-order valence-corrected chi connectivity index (χ2v) is 7.92. The van der Waals surface area contributed by atoms with E-state index in [0.717, 1.165) is 0 Å². The van der Waals surface area contributed by atoms with Gasteiger partial charge in [0.25, 0.3) is 0 Å². The Morgan fingerprint density at radius 2 is 1.95 bits per heavy atom. The number of rotatable bonds is 7. The van der Waals surface area contributed by atoms with Gasteiger partial charge in [-0.25, -0.2) is 8.42 Å². The van der Waals surface area contributed by atoms with Crippen molar-refractivity contribution in [2.24, 2.45) is 0 Å². The van der Waals surface area contributed by atoms with E-state index in [1.807, 2.05) is 13.0 Å². The van der Waals surface area contributed by atoms with Crippen molar-refractivity contribution in [3.05, 3.63) is 24.2 Å². The van der Waals surface area contributed by atoms with Crippen LogP contribution in [-0.2, 0) is 21.2 Å². The molecule has 0 aliphatic rings. The molecule has 0 radical (unpaired) electrons. The van der Waals surface area contributed by atoms with E-state index >= 15 is 0 Å². The second kappa shape index (κ2) is 7.09. The zero-order valence-corrected chi connectivity index (χ0v) is 14.1. The summed E-state index contributed by atoms with van der Waals surface area (Å²) >= 11 is 0. The number of amides is 1. The van der Waals surface area contributed by atoms with E-state index in [4.69, 9.17) is 4.42 Å². The maximum Gasteiger partial charge on any atom is 0.236 e. The summed E-state index contributed by atoms with van der Waals surface area (Å²) in [5.41, 5.74) is 0. The molecule has 0 N–H and O–H groups in total. The molecule has 0 aliphatic carbocycles. The molecule has 0 spiro atoms. The van der Waals surface area contributed by atoms with Crippen molar-refractivity contribution in [1.29, 1.82) is 0 Å². The highest BCUT2D eigenvalue weighted by Crippen LogP contribution is 2.11. The maximum absolute atomic E-state index is 12.1. The summed E-state index contributed by atoms with van der Waals surface area (Å²) in [5.74, 6) is 0.632. The fourth-order valence-electron chi connectivity index (χ4n) is 1.92. The van der Waals surface area contributed by atoms with Gasteiger partial charge in [0.2, 0.25) is 5.91 Å². The van der Waals surface area contributed by atoms with Gasteiger partial charge >= 0.3 is 0 Å². The minimum Gasteiger partial charge on any atom is -0.467 e. The standard InChI is InChI=1S/C14H24N2O4S/c1-11(12(2)21(5,18)19)15(3)10-14(17)16(4)9-13-7-6-8-20-13/h6-8,11-12H,9-10H2,1-5H3. The summed E-state index contributed by atoms with van der Waals surface area (Å²) < 4.78 is 28.4. The smallest absolute Gasteiger partial charge is 0.236 e. The van der Waals surface area contributed by atoms with E-state index in [0.29, 0.717) is 12.3 Å². The van der Waals surface area contributed by atoms with Crippen LogP contribution in [0.3, 0.4) is 0 Å². The predicted molar refractivity (Wildman–Crippen MR) is 81.6 cm³/mol. The van der Waals surface area contributed by atoms with E-state index in [-0.39, 0.29) is 18.5 Å². The molecule has 1 aromatic rings. The average Bonchev–Trinajstić information content (AvgIpc) is 2.88. The van der Waals surface area contributed by atoms with E-state index in [1.54, 1.807) is 43.1 Å². The van der Waals surface area contributed by atoms with Gasteiger partial charge in [-0.1, -0.05) is 0 Å². The van der Waals surface area contributed by atoms with Crippen LogP contribution < -0.4 is 0 Å². The van der Waals surface area contributed by atoms with Gasteiger partial charge in [0.1, 0.15) is 5.76 Å². The van der Waals surface area contributed by atoms with E-state index in [9.17, 15) is 13.2 Å². The molecule has 21 heavy (non-hydrogen) atoms. The summed E-state index contributed by atoms with van der Waals surface area (Å²) in [4.78, 5) is 15.5. The molecule has 1 aromatic heterocycles. The number of sulfone groups is 1. The third-order valence-electron chi connectivity index (χ3n) is 3.83. The number of hydrogen-bond acceptors (Lipinski definition) is 5. The van der Waals surface area contributed by atoms with Crippen LogP contribution in [0, 0.1) is 0 Å². The van der Waals surface area contributed by atoms with Crippen LogP contribution in [0.25, 0.3) is 0 Å². The van der Waals surface area contributed by atoms with Crippen molar-refractivity contribution in [1.82, 2.24) is 9.80 Å². The van der Waals surface area contributed by atoms with Crippen LogP contribution in [0.4, 0.5) is 0 Å². The summed E-state index contributed by atoms with van der Waals surface area (Å²) in [5, 5.41) is -0.523. The lowest BCUT2D eigenvalue weighted by molar-refractivity contribution is -0.132. The highest BCUT2D eigenvalue weighted by molar-refractivity contribution is 7.91. The zero-order chi connectivity index (χ0) is 16.2. The van der Waals surface area contributed by atoms with Crippen LogP contribution in [-0.4, -0.2) is 62.3 Å². The van der Waals surface area contributed by atoms with Crippen LogP contribution in [0.5, 0.6) is 0 Å². The molecule has 0 aliphatic heterocycles. The van der Waals surface area contributed by atoms with Gasteiger partial charge in [-0.3, -0.25) is 9.69 Å². The van der Waals surface area contributed by atoms with Crippen molar-refractivity contribution in [3.8, 4) is 0 Å². The van der Waals surface area contributed by atoms with Crippen molar-refractivity contribution in [3.63, 3.8) is 0 Å². The van der Waals surface area contributed by atoms with Crippen molar-refractivity contribution < 1.29 is 17.6 Å². The molecule has 1 amide bonds. The van der Waals surface area contributed by atoms with Gasteiger partial charge < -0.3 is 9.32 Å². The Labute approximate surface area is 126 Å². The number of furan rings is 1. The van der Waals surface area contributed by atoms with Gasteiger partial charge in [0, 0.05) is 19.3 Å². The van der Waals surface area contributed by atoms with Crippen LogP contribution in [0.1, 0.15) is 19.6 Å². The number of carbonyl (C=O) groups excluding carboxylic acids is 1. The van der Waals surface area contributed by atoms with Gasteiger partial charge in [-0.2, -0.15) is 0 Å². The Balaban J connectivity index is 2.57. The molecule has 0 saturated heterocycles. The Hall–Kier alpha value is -1.34. The lowest BCUT2D eigenvalue weighted by Gasteiger charge is -2.29. The number of hydrogen-bond donors (Lipinski definition) is 0. The summed E-state index contributed by atoms with van der Waals surface area (Å²) in [6.45, 7) is 4.03. The highest BCUT2D eigenvalue weighted by atomic mass is 32.2. The monoisotopic (exact) mass is 316 g/mol. The number of nitrogens with zero attached hydrogens (tertiary/aromatic N) is 2. The maximum atomic E-state index is 12.1. The first-order valence-electron chi connectivity index (χ1n) is 6.78. The molecule has 0 bridgehead atoms. The molecule has 1 heterocycles. The lowest BCUT2D eigenvalue weighted by Crippen LogP contribution is -2.46. The van der Waals surface area contributed by atoms with Gasteiger partial charge in [0.15, 0.2) is 9.84 Å². The molecular weight excluding hydrogens is 292 g/mol. The molecule has 1 rings (SSSR count). The fourth-order valence-corrected chi connectivity index (χ4v) is 2.84. The molecular formula is C14H24N2O4S. The first kappa shape index (κ1) is 17.7. The Kier molecular flexibility index (Phi) is 5.98. The van der Waals surface area contributed by atoms with Gasteiger partial charge in [0.05, 0.1) is 24.6 Å². The van der Waals surface area contributed by atoms with Crippen LogP contribution >= 0.6 is 0 Å². The topological polar surface area (TPSA) is 70.8 Å². The fraction of sp³-hybridized carbons (Fsp3) is 0.643. The SMILES string of the molecule is CC(C(C)S(C)(=O)=O)N(C)CC(=O)N(C)Cc1ccco1. The van der Waals surface area contributed by atoms with E-state index in [2.05, 4.69) is 0 Å². The third kappa shape index (κ3) is 5.17. The summed E-state index contributed by atoms with van der Waals surface area (Å²) in [6, 6.07) is 3.35. The number of carbonyl (C=O) groups is 1. The van der Waals surface area contributed by atoms with Gasteiger partial charge in [-0.15, -0.1) is 0 Å². The first-order chi connectivity index (χ1) is 9.62. The minimum atomic E-state index is -3.13. The molecule has 0 saturated carbocycles. The summed E-state index contributed by atoms with van der Waals surface area (Å²) in [7, 11) is 0.327. The van der Waals surface area contributed by atoms with Crippen LogP contribution in [0.2, 0.25) is 0 Å². The molecule has 0 aromatic carbocycles. The summed E-state index contributed by atoms with van der Waals surface area (Å²) in [6.07, 6.45) is 2.78. The van der Waals surface area contributed by atoms with E-state index < -0.39 is 15.1 Å². The van der Waals surface area contributed by atoms with E-state index in [1.165, 1.54) is 6.26 Å². The molecule has 6 nitrogen and oxygen atoms in total. The quantitative estimate of drug-likeness (QED) is 0.750. The van der Waals surface area contributed by atoms with Crippen molar-refractivity contribution in [2.45, 2.75) is 31.7 Å².